The normalized spacial score (nSPS) is 17.8. The third-order valence-corrected chi connectivity index (χ3v) is 4.32. The van der Waals surface area contributed by atoms with Crippen molar-refractivity contribution in [3.63, 3.8) is 0 Å². The molecular formula is C16H23ClN2O. The molecule has 0 aromatic heterocycles. The van der Waals surface area contributed by atoms with E-state index in [4.69, 9.17) is 17.3 Å². The van der Waals surface area contributed by atoms with Crippen LogP contribution < -0.4 is 5.73 Å². The lowest BCUT2D eigenvalue weighted by molar-refractivity contribution is -0.132. The molecule has 0 aliphatic heterocycles. The highest BCUT2D eigenvalue weighted by Gasteiger charge is 2.31. The molecule has 3 nitrogen and oxygen atoms in total. The third kappa shape index (κ3) is 4.22. The quantitative estimate of drug-likeness (QED) is 0.925. The maximum absolute atomic E-state index is 12.3. The first kappa shape index (κ1) is 15.3. The van der Waals surface area contributed by atoms with Crippen LogP contribution in [0.1, 0.15) is 44.1 Å². The molecule has 1 amide bonds. The molecule has 0 unspecified atom stereocenters. The SMILES string of the molecule is CN(Cc1cccc(Cl)c1)C(=O)CC1(N)CCCCC1. The standard InChI is InChI=1S/C16H23ClN2O/c1-19(12-13-6-5-7-14(17)10-13)15(20)11-16(18)8-3-2-4-9-16/h5-7,10H,2-4,8-9,11-12,18H2,1H3. The van der Waals surface area contributed by atoms with E-state index in [1.54, 1.807) is 4.90 Å². The number of benzene rings is 1. The van der Waals surface area contributed by atoms with E-state index in [0.29, 0.717) is 18.0 Å². The van der Waals surface area contributed by atoms with Gasteiger partial charge in [0.25, 0.3) is 0 Å². The lowest BCUT2D eigenvalue weighted by Gasteiger charge is -2.34. The van der Waals surface area contributed by atoms with E-state index in [9.17, 15) is 4.79 Å². The van der Waals surface area contributed by atoms with Crippen molar-refractivity contribution in [2.24, 2.45) is 5.73 Å². The maximum atomic E-state index is 12.3. The minimum absolute atomic E-state index is 0.120. The van der Waals surface area contributed by atoms with E-state index in [1.165, 1.54) is 6.42 Å². The van der Waals surface area contributed by atoms with Crippen LogP contribution in [0.25, 0.3) is 0 Å². The number of rotatable bonds is 4. The van der Waals surface area contributed by atoms with Crippen molar-refractivity contribution in [2.45, 2.75) is 50.6 Å². The van der Waals surface area contributed by atoms with Gasteiger partial charge in [0.2, 0.25) is 5.91 Å². The largest absolute Gasteiger partial charge is 0.341 e. The number of amides is 1. The molecular weight excluding hydrogens is 272 g/mol. The minimum Gasteiger partial charge on any atom is -0.341 e. The van der Waals surface area contributed by atoms with Crippen LogP contribution in [-0.4, -0.2) is 23.4 Å². The van der Waals surface area contributed by atoms with Gasteiger partial charge in [-0.05, 0) is 30.5 Å². The molecule has 1 saturated carbocycles. The van der Waals surface area contributed by atoms with Gasteiger partial charge in [-0.3, -0.25) is 4.79 Å². The van der Waals surface area contributed by atoms with Gasteiger partial charge in [0, 0.05) is 30.6 Å². The summed E-state index contributed by atoms with van der Waals surface area (Å²) < 4.78 is 0. The van der Waals surface area contributed by atoms with E-state index in [-0.39, 0.29) is 11.4 Å². The first-order chi connectivity index (χ1) is 9.48. The van der Waals surface area contributed by atoms with E-state index in [0.717, 1.165) is 31.2 Å². The first-order valence-corrected chi connectivity index (χ1v) is 7.64. The molecule has 4 heteroatoms. The average Bonchev–Trinajstić information content (AvgIpc) is 2.39. The second-order valence-corrected chi connectivity index (χ2v) is 6.42. The van der Waals surface area contributed by atoms with Crippen molar-refractivity contribution in [1.82, 2.24) is 4.90 Å². The van der Waals surface area contributed by atoms with Crippen LogP contribution in [0.15, 0.2) is 24.3 Å². The molecule has 110 valence electrons. The molecule has 20 heavy (non-hydrogen) atoms. The molecule has 1 fully saturated rings. The minimum atomic E-state index is -0.294. The fraction of sp³-hybridized carbons (Fsp3) is 0.562. The number of hydrogen-bond donors (Lipinski definition) is 1. The second kappa shape index (κ2) is 6.59. The van der Waals surface area contributed by atoms with Crippen molar-refractivity contribution >= 4 is 17.5 Å². The molecule has 1 aliphatic carbocycles. The van der Waals surface area contributed by atoms with Crippen molar-refractivity contribution < 1.29 is 4.79 Å². The lowest BCUT2D eigenvalue weighted by atomic mass is 9.80. The summed E-state index contributed by atoms with van der Waals surface area (Å²) in [6, 6.07) is 7.62. The van der Waals surface area contributed by atoms with E-state index in [2.05, 4.69) is 0 Å². The van der Waals surface area contributed by atoms with E-state index in [1.807, 2.05) is 31.3 Å². The Balaban J connectivity index is 1.91. The molecule has 0 heterocycles. The third-order valence-electron chi connectivity index (χ3n) is 4.09. The van der Waals surface area contributed by atoms with Crippen molar-refractivity contribution in [3.8, 4) is 0 Å². The van der Waals surface area contributed by atoms with Crippen LogP contribution in [0, 0.1) is 0 Å². The highest BCUT2D eigenvalue weighted by Crippen LogP contribution is 2.29. The monoisotopic (exact) mass is 294 g/mol. The first-order valence-electron chi connectivity index (χ1n) is 7.26. The predicted molar refractivity (Wildman–Crippen MR) is 82.5 cm³/mol. The molecule has 1 aromatic rings. The summed E-state index contributed by atoms with van der Waals surface area (Å²) in [7, 11) is 1.83. The average molecular weight is 295 g/mol. The van der Waals surface area contributed by atoms with Crippen molar-refractivity contribution in [1.29, 1.82) is 0 Å². The van der Waals surface area contributed by atoms with Gasteiger partial charge in [-0.15, -0.1) is 0 Å². The zero-order valence-electron chi connectivity index (χ0n) is 12.1. The van der Waals surface area contributed by atoms with Crippen molar-refractivity contribution in [3.05, 3.63) is 34.9 Å². The summed E-state index contributed by atoms with van der Waals surface area (Å²) in [5.74, 6) is 0.120. The summed E-state index contributed by atoms with van der Waals surface area (Å²) >= 11 is 5.96. The van der Waals surface area contributed by atoms with Crippen LogP contribution >= 0.6 is 11.6 Å². The van der Waals surface area contributed by atoms with E-state index < -0.39 is 0 Å². The molecule has 2 N–H and O–H groups in total. The van der Waals surface area contributed by atoms with Crippen LogP contribution in [0.4, 0.5) is 0 Å². The summed E-state index contributed by atoms with van der Waals surface area (Å²) in [6.07, 6.45) is 5.90. The number of carbonyl (C=O) groups is 1. The Labute approximate surface area is 126 Å². The zero-order chi connectivity index (χ0) is 14.6. The van der Waals surface area contributed by atoms with Gasteiger partial charge in [0.15, 0.2) is 0 Å². The summed E-state index contributed by atoms with van der Waals surface area (Å²) in [5.41, 5.74) is 7.10. The van der Waals surface area contributed by atoms with Crippen LogP contribution in [0.2, 0.25) is 5.02 Å². The van der Waals surface area contributed by atoms with Gasteiger partial charge < -0.3 is 10.6 Å². The maximum Gasteiger partial charge on any atom is 0.224 e. The van der Waals surface area contributed by atoms with Gasteiger partial charge in [-0.2, -0.15) is 0 Å². The van der Waals surface area contributed by atoms with Gasteiger partial charge in [-0.1, -0.05) is 43.0 Å². The Hall–Kier alpha value is -1.06. The molecule has 0 radical (unpaired) electrons. The number of hydrogen-bond acceptors (Lipinski definition) is 2. The smallest absolute Gasteiger partial charge is 0.224 e. The van der Waals surface area contributed by atoms with E-state index >= 15 is 0 Å². The van der Waals surface area contributed by atoms with Gasteiger partial charge in [0.1, 0.15) is 0 Å². The summed E-state index contributed by atoms with van der Waals surface area (Å²) in [6.45, 7) is 0.579. The number of nitrogens with two attached hydrogens (primary N) is 1. The summed E-state index contributed by atoms with van der Waals surface area (Å²) in [4.78, 5) is 14.1. The molecule has 0 spiro atoms. The van der Waals surface area contributed by atoms with Crippen LogP contribution in [-0.2, 0) is 11.3 Å². The predicted octanol–water partition coefficient (Wildman–Crippen LogP) is 3.35. The number of nitrogens with zero attached hydrogens (tertiary/aromatic N) is 1. The molecule has 0 saturated heterocycles. The Morgan fingerprint density at radius 2 is 2.05 bits per heavy atom. The Kier molecular flexibility index (Phi) is 5.06. The molecule has 2 rings (SSSR count). The molecule has 0 bridgehead atoms. The molecule has 0 atom stereocenters. The van der Waals surface area contributed by atoms with Crippen molar-refractivity contribution in [2.75, 3.05) is 7.05 Å². The highest BCUT2D eigenvalue weighted by molar-refractivity contribution is 6.30. The Morgan fingerprint density at radius 1 is 1.35 bits per heavy atom. The van der Waals surface area contributed by atoms with Gasteiger partial charge >= 0.3 is 0 Å². The zero-order valence-corrected chi connectivity index (χ0v) is 12.8. The second-order valence-electron chi connectivity index (χ2n) is 5.98. The Bertz CT molecular complexity index is 469. The summed E-state index contributed by atoms with van der Waals surface area (Å²) in [5, 5.41) is 0.700. The number of carbonyl (C=O) groups excluding carboxylic acids is 1. The highest BCUT2D eigenvalue weighted by atomic mass is 35.5. The van der Waals surface area contributed by atoms with Gasteiger partial charge in [0.05, 0.1) is 0 Å². The fourth-order valence-corrected chi connectivity index (χ4v) is 3.08. The van der Waals surface area contributed by atoms with Gasteiger partial charge in [-0.25, -0.2) is 0 Å². The van der Waals surface area contributed by atoms with Crippen LogP contribution in [0.3, 0.4) is 0 Å². The topological polar surface area (TPSA) is 46.3 Å². The molecule has 1 aliphatic rings. The lowest BCUT2D eigenvalue weighted by Crippen LogP contribution is -2.46. The Morgan fingerprint density at radius 3 is 2.70 bits per heavy atom. The fourth-order valence-electron chi connectivity index (χ4n) is 2.87. The van der Waals surface area contributed by atoms with Crippen LogP contribution in [0.5, 0.6) is 0 Å². The molecule has 1 aromatic carbocycles. The number of halogens is 1.